The van der Waals surface area contributed by atoms with E-state index in [0.717, 1.165) is 5.69 Å². The fourth-order valence-electron chi connectivity index (χ4n) is 1.74. The lowest BCUT2D eigenvalue weighted by molar-refractivity contribution is 0.321. The zero-order valence-electron chi connectivity index (χ0n) is 10.6. The van der Waals surface area contributed by atoms with E-state index >= 15 is 0 Å². The molecule has 1 heterocycles. The maximum absolute atomic E-state index is 12.2. The molecule has 0 spiro atoms. The lowest BCUT2D eigenvalue weighted by Gasteiger charge is -2.35. The lowest BCUT2D eigenvalue weighted by atomic mass is 10.3. The molecule has 1 aromatic rings. The van der Waals surface area contributed by atoms with E-state index in [9.17, 15) is 8.42 Å². The van der Waals surface area contributed by atoms with E-state index in [1.165, 1.54) is 4.31 Å². The van der Waals surface area contributed by atoms with Crippen LogP contribution in [0.3, 0.4) is 0 Å². The molecule has 2 rings (SSSR count). The van der Waals surface area contributed by atoms with Gasteiger partial charge in [-0.05, 0) is 31.2 Å². The van der Waals surface area contributed by atoms with Crippen LogP contribution in [0.25, 0.3) is 0 Å². The van der Waals surface area contributed by atoms with Crippen LogP contribution in [0.4, 0.5) is 5.69 Å². The van der Waals surface area contributed by atoms with Crippen LogP contribution in [0.2, 0.25) is 0 Å². The molecule has 6 heteroatoms. The minimum absolute atomic E-state index is 0.156. The summed E-state index contributed by atoms with van der Waals surface area (Å²) >= 11 is 4.22. The Morgan fingerprint density at radius 2 is 2.00 bits per heavy atom. The number of hydrogen-bond donors (Lipinski definition) is 2. The van der Waals surface area contributed by atoms with Gasteiger partial charge < -0.3 is 5.32 Å². The average molecular weight is 296 g/mol. The van der Waals surface area contributed by atoms with Crippen molar-refractivity contribution < 1.29 is 8.42 Å². The van der Waals surface area contributed by atoms with Crippen molar-refractivity contribution in [3.8, 4) is 11.8 Å². The topological polar surface area (TPSA) is 49.4 Å². The van der Waals surface area contributed by atoms with Crippen molar-refractivity contribution in [1.29, 1.82) is 0 Å². The Bertz CT molecular complexity index is 594. The minimum Gasteiger partial charge on any atom is -0.374 e. The van der Waals surface area contributed by atoms with Crippen LogP contribution in [-0.2, 0) is 10.0 Å². The number of benzene rings is 1. The summed E-state index contributed by atoms with van der Waals surface area (Å²) in [6.45, 7) is 3.30. The predicted octanol–water partition coefficient (Wildman–Crippen LogP) is 1.42. The fourth-order valence-corrected chi connectivity index (χ4v) is 3.89. The van der Waals surface area contributed by atoms with E-state index in [1.54, 1.807) is 31.2 Å². The van der Waals surface area contributed by atoms with Crippen LogP contribution in [0.1, 0.15) is 6.92 Å². The number of rotatable bonds is 4. The lowest BCUT2D eigenvalue weighted by Crippen LogP contribution is -2.50. The number of thiol groups is 1. The largest absolute Gasteiger partial charge is 0.374 e. The number of nitrogens with one attached hydrogen (secondary N) is 1. The van der Waals surface area contributed by atoms with Crippen molar-refractivity contribution in [2.24, 2.45) is 0 Å². The van der Waals surface area contributed by atoms with Gasteiger partial charge in [-0.25, -0.2) is 8.42 Å². The summed E-state index contributed by atoms with van der Waals surface area (Å²) in [4.78, 5) is 0.319. The minimum atomic E-state index is -3.35. The predicted molar refractivity (Wildman–Crippen MR) is 79.9 cm³/mol. The summed E-state index contributed by atoms with van der Waals surface area (Å²) in [6, 6.07) is 6.73. The zero-order valence-corrected chi connectivity index (χ0v) is 12.3. The molecule has 0 aromatic heterocycles. The number of anilines is 1. The summed E-state index contributed by atoms with van der Waals surface area (Å²) < 4.78 is 25.8. The monoisotopic (exact) mass is 296 g/mol. The Labute approximate surface area is 119 Å². The standard InChI is InChI=1S/C13H16N2O2S2/c1-2-3-8-14-11-4-6-13(7-5-11)19(16,17)15-9-12(18)10-15/h4-7,12,14,18H,8-10H2,1H3. The van der Waals surface area contributed by atoms with Crippen LogP contribution in [-0.4, -0.2) is 37.6 Å². The summed E-state index contributed by atoms with van der Waals surface area (Å²) in [6.07, 6.45) is 0. The third-order valence-electron chi connectivity index (χ3n) is 2.88. The van der Waals surface area contributed by atoms with Gasteiger partial charge in [0.1, 0.15) is 0 Å². The second kappa shape index (κ2) is 5.87. The first kappa shape index (κ1) is 14.3. The molecule has 0 bridgehead atoms. The van der Waals surface area contributed by atoms with Gasteiger partial charge in [0.25, 0.3) is 0 Å². The molecule has 4 nitrogen and oxygen atoms in total. The highest BCUT2D eigenvalue weighted by atomic mass is 32.2. The average Bonchev–Trinajstić information content (AvgIpc) is 2.36. The van der Waals surface area contributed by atoms with E-state index in [0.29, 0.717) is 24.5 Å². The molecule has 0 saturated carbocycles. The summed E-state index contributed by atoms with van der Waals surface area (Å²) in [5.41, 5.74) is 0.859. The first-order valence-electron chi connectivity index (χ1n) is 5.96. The molecular weight excluding hydrogens is 280 g/mol. The molecule has 19 heavy (non-hydrogen) atoms. The molecular formula is C13H16N2O2S2. The smallest absolute Gasteiger partial charge is 0.243 e. The second-order valence-corrected chi connectivity index (χ2v) is 6.95. The van der Waals surface area contributed by atoms with Crippen molar-refractivity contribution in [2.75, 3.05) is 25.0 Å². The number of nitrogens with zero attached hydrogens (tertiary/aromatic N) is 1. The van der Waals surface area contributed by atoms with Crippen molar-refractivity contribution in [3.05, 3.63) is 24.3 Å². The third-order valence-corrected chi connectivity index (χ3v) is 5.05. The highest BCUT2D eigenvalue weighted by Crippen LogP contribution is 2.24. The number of hydrogen-bond acceptors (Lipinski definition) is 4. The summed E-state index contributed by atoms with van der Waals surface area (Å²) in [7, 11) is -3.35. The zero-order chi connectivity index (χ0) is 13.9. The summed E-state index contributed by atoms with van der Waals surface area (Å²) in [5, 5.41) is 3.25. The van der Waals surface area contributed by atoms with Gasteiger partial charge in [0, 0.05) is 24.0 Å². The van der Waals surface area contributed by atoms with Gasteiger partial charge in [-0.1, -0.05) is 5.92 Å². The van der Waals surface area contributed by atoms with Crippen molar-refractivity contribution in [1.82, 2.24) is 4.31 Å². The first-order valence-corrected chi connectivity index (χ1v) is 7.91. The van der Waals surface area contributed by atoms with Crippen molar-refractivity contribution >= 4 is 28.3 Å². The summed E-state index contributed by atoms with van der Waals surface area (Å²) in [5.74, 6) is 5.67. The Morgan fingerprint density at radius 3 is 2.53 bits per heavy atom. The van der Waals surface area contributed by atoms with Gasteiger partial charge in [0.2, 0.25) is 10.0 Å². The fraction of sp³-hybridized carbons (Fsp3) is 0.385. The maximum atomic E-state index is 12.2. The Balaban J connectivity index is 2.07. The van der Waals surface area contributed by atoms with Gasteiger partial charge in [0.05, 0.1) is 11.4 Å². The molecule has 1 aliphatic rings. The van der Waals surface area contributed by atoms with Crippen LogP contribution >= 0.6 is 12.6 Å². The molecule has 102 valence electrons. The van der Waals surface area contributed by atoms with Gasteiger partial charge >= 0.3 is 0 Å². The molecule has 0 atom stereocenters. The Morgan fingerprint density at radius 1 is 1.37 bits per heavy atom. The van der Waals surface area contributed by atoms with E-state index in [1.807, 2.05) is 0 Å². The highest BCUT2D eigenvalue weighted by molar-refractivity contribution is 7.89. The van der Waals surface area contributed by atoms with E-state index in [2.05, 4.69) is 29.8 Å². The highest BCUT2D eigenvalue weighted by Gasteiger charge is 2.34. The Kier molecular flexibility index (Phi) is 4.40. The third kappa shape index (κ3) is 3.24. The molecule has 0 unspecified atom stereocenters. The maximum Gasteiger partial charge on any atom is 0.243 e. The van der Waals surface area contributed by atoms with Crippen molar-refractivity contribution in [3.63, 3.8) is 0 Å². The molecule has 1 N–H and O–H groups in total. The molecule has 1 aliphatic heterocycles. The van der Waals surface area contributed by atoms with Crippen LogP contribution in [0, 0.1) is 11.8 Å². The Hall–Kier alpha value is -1.16. The van der Waals surface area contributed by atoms with Crippen molar-refractivity contribution in [2.45, 2.75) is 17.1 Å². The van der Waals surface area contributed by atoms with Gasteiger partial charge in [-0.2, -0.15) is 16.9 Å². The van der Waals surface area contributed by atoms with E-state index < -0.39 is 10.0 Å². The van der Waals surface area contributed by atoms with E-state index in [4.69, 9.17) is 0 Å². The normalized spacial score (nSPS) is 16.3. The SMILES string of the molecule is CC#CCNc1ccc(S(=O)(=O)N2CC(S)C2)cc1. The molecule has 0 aliphatic carbocycles. The van der Waals surface area contributed by atoms with E-state index in [-0.39, 0.29) is 5.25 Å². The molecule has 0 radical (unpaired) electrons. The molecule has 1 fully saturated rings. The molecule has 1 saturated heterocycles. The first-order chi connectivity index (χ1) is 9.04. The second-order valence-electron chi connectivity index (χ2n) is 4.28. The quantitative estimate of drug-likeness (QED) is 0.653. The van der Waals surface area contributed by atoms with Gasteiger partial charge in [0.15, 0.2) is 0 Å². The van der Waals surface area contributed by atoms with Crippen LogP contribution in [0.15, 0.2) is 29.2 Å². The van der Waals surface area contributed by atoms with Gasteiger partial charge in [-0.3, -0.25) is 0 Å². The molecule has 1 aromatic carbocycles. The van der Waals surface area contributed by atoms with Crippen LogP contribution in [0.5, 0.6) is 0 Å². The van der Waals surface area contributed by atoms with Gasteiger partial charge in [-0.15, -0.1) is 5.92 Å². The van der Waals surface area contributed by atoms with Crippen LogP contribution < -0.4 is 5.32 Å². The number of sulfonamides is 1. The molecule has 0 amide bonds.